The van der Waals surface area contributed by atoms with Gasteiger partial charge >= 0.3 is 0 Å². The summed E-state index contributed by atoms with van der Waals surface area (Å²) < 4.78 is 16.4. The SMILES string of the molecule is COc1ccccc1CN(Cc1ccco1)C[C@@H](O)COC(C)C. The van der Waals surface area contributed by atoms with Crippen molar-refractivity contribution in [1.29, 1.82) is 0 Å². The fourth-order valence-corrected chi connectivity index (χ4v) is 2.54. The summed E-state index contributed by atoms with van der Waals surface area (Å²) >= 11 is 0. The van der Waals surface area contributed by atoms with E-state index in [9.17, 15) is 5.11 Å². The number of hydrogen-bond acceptors (Lipinski definition) is 5. The molecule has 24 heavy (non-hydrogen) atoms. The van der Waals surface area contributed by atoms with Crippen LogP contribution in [0.3, 0.4) is 0 Å². The van der Waals surface area contributed by atoms with Gasteiger partial charge in [0.15, 0.2) is 0 Å². The van der Waals surface area contributed by atoms with E-state index >= 15 is 0 Å². The lowest BCUT2D eigenvalue weighted by Crippen LogP contribution is -2.34. The minimum Gasteiger partial charge on any atom is -0.496 e. The summed E-state index contributed by atoms with van der Waals surface area (Å²) in [6, 6.07) is 11.7. The van der Waals surface area contributed by atoms with Crippen molar-refractivity contribution >= 4 is 0 Å². The van der Waals surface area contributed by atoms with Crippen molar-refractivity contribution in [2.24, 2.45) is 0 Å². The van der Waals surface area contributed by atoms with Gasteiger partial charge in [-0.3, -0.25) is 4.90 Å². The van der Waals surface area contributed by atoms with Crippen molar-refractivity contribution in [3.8, 4) is 5.75 Å². The molecule has 1 aromatic carbocycles. The molecule has 0 radical (unpaired) electrons. The first kappa shape index (κ1) is 18.5. The minimum absolute atomic E-state index is 0.104. The molecule has 132 valence electrons. The highest BCUT2D eigenvalue weighted by Gasteiger charge is 2.16. The van der Waals surface area contributed by atoms with Gasteiger partial charge in [-0.2, -0.15) is 0 Å². The maximum absolute atomic E-state index is 10.3. The molecule has 0 bridgehead atoms. The van der Waals surface area contributed by atoms with Crippen molar-refractivity contribution in [3.05, 3.63) is 54.0 Å². The van der Waals surface area contributed by atoms with Crippen LogP contribution < -0.4 is 4.74 Å². The molecule has 0 aliphatic rings. The van der Waals surface area contributed by atoms with E-state index in [2.05, 4.69) is 4.90 Å². The quantitative estimate of drug-likeness (QED) is 0.724. The third-order valence-electron chi connectivity index (χ3n) is 3.64. The van der Waals surface area contributed by atoms with E-state index in [0.717, 1.165) is 17.1 Å². The van der Waals surface area contributed by atoms with Crippen LogP contribution in [-0.2, 0) is 17.8 Å². The van der Waals surface area contributed by atoms with Gasteiger partial charge in [-0.25, -0.2) is 0 Å². The molecule has 2 rings (SSSR count). The molecule has 1 aromatic heterocycles. The molecule has 0 amide bonds. The lowest BCUT2D eigenvalue weighted by molar-refractivity contribution is -0.0114. The summed E-state index contributed by atoms with van der Waals surface area (Å²) in [5, 5.41) is 10.3. The Labute approximate surface area is 143 Å². The van der Waals surface area contributed by atoms with Gasteiger partial charge < -0.3 is 19.0 Å². The van der Waals surface area contributed by atoms with Gasteiger partial charge in [-0.05, 0) is 32.0 Å². The number of nitrogens with zero attached hydrogens (tertiary/aromatic N) is 1. The fraction of sp³-hybridized carbons (Fsp3) is 0.474. The molecule has 0 fully saturated rings. The number of ether oxygens (including phenoxy) is 2. The zero-order valence-corrected chi connectivity index (χ0v) is 14.6. The van der Waals surface area contributed by atoms with Gasteiger partial charge in [-0.1, -0.05) is 18.2 Å². The van der Waals surface area contributed by atoms with Gasteiger partial charge in [0.1, 0.15) is 11.5 Å². The molecule has 1 N–H and O–H groups in total. The number of hydrogen-bond donors (Lipinski definition) is 1. The first-order valence-electron chi connectivity index (χ1n) is 8.24. The monoisotopic (exact) mass is 333 g/mol. The van der Waals surface area contributed by atoms with Crippen molar-refractivity contribution in [2.45, 2.75) is 39.1 Å². The van der Waals surface area contributed by atoms with E-state index in [1.807, 2.05) is 50.2 Å². The molecule has 0 spiro atoms. The number of furan rings is 1. The Morgan fingerprint density at radius 1 is 1.12 bits per heavy atom. The number of para-hydroxylation sites is 1. The van der Waals surface area contributed by atoms with Crippen LogP contribution in [0.5, 0.6) is 5.75 Å². The van der Waals surface area contributed by atoms with Gasteiger partial charge in [-0.15, -0.1) is 0 Å². The van der Waals surface area contributed by atoms with E-state index in [0.29, 0.717) is 26.2 Å². The van der Waals surface area contributed by atoms with Crippen LogP contribution in [0.15, 0.2) is 47.1 Å². The maximum Gasteiger partial charge on any atom is 0.123 e. The van der Waals surface area contributed by atoms with E-state index in [1.54, 1.807) is 13.4 Å². The Morgan fingerprint density at radius 2 is 1.92 bits per heavy atom. The fourth-order valence-electron chi connectivity index (χ4n) is 2.54. The molecule has 1 heterocycles. The predicted molar refractivity (Wildman–Crippen MR) is 92.9 cm³/mol. The Balaban J connectivity index is 2.04. The van der Waals surface area contributed by atoms with Crippen LogP contribution in [-0.4, -0.2) is 42.5 Å². The number of rotatable bonds is 10. The molecule has 0 aliphatic heterocycles. The van der Waals surface area contributed by atoms with Crippen LogP contribution in [0.1, 0.15) is 25.2 Å². The Morgan fingerprint density at radius 3 is 2.58 bits per heavy atom. The second-order valence-corrected chi connectivity index (χ2v) is 6.10. The maximum atomic E-state index is 10.3. The molecule has 1 atom stereocenters. The molecule has 0 saturated carbocycles. The van der Waals surface area contributed by atoms with Crippen LogP contribution in [0.25, 0.3) is 0 Å². The zero-order valence-electron chi connectivity index (χ0n) is 14.6. The van der Waals surface area contributed by atoms with Crippen molar-refractivity contribution < 1.29 is 19.0 Å². The summed E-state index contributed by atoms with van der Waals surface area (Å²) in [7, 11) is 1.67. The lowest BCUT2D eigenvalue weighted by atomic mass is 10.1. The third-order valence-corrected chi connectivity index (χ3v) is 3.64. The van der Waals surface area contributed by atoms with E-state index in [1.165, 1.54) is 0 Å². The molecule has 0 saturated heterocycles. The minimum atomic E-state index is -0.558. The van der Waals surface area contributed by atoms with E-state index in [-0.39, 0.29) is 6.10 Å². The smallest absolute Gasteiger partial charge is 0.123 e. The highest BCUT2D eigenvalue weighted by molar-refractivity contribution is 5.33. The Kier molecular flexibility index (Phi) is 7.31. The average Bonchev–Trinajstić information content (AvgIpc) is 3.06. The summed E-state index contributed by atoms with van der Waals surface area (Å²) in [4.78, 5) is 2.13. The van der Waals surface area contributed by atoms with E-state index < -0.39 is 6.10 Å². The van der Waals surface area contributed by atoms with Gasteiger partial charge in [0, 0.05) is 18.7 Å². The van der Waals surface area contributed by atoms with Crippen molar-refractivity contribution in [2.75, 3.05) is 20.3 Å². The first-order chi connectivity index (χ1) is 11.6. The molecular formula is C19H27NO4. The molecule has 2 aromatic rings. The van der Waals surface area contributed by atoms with Crippen molar-refractivity contribution in [3.63, 3.8) is 0 Å². The van der Waals surface area contributed by atoms with E-state index in [4.69, 9.17) is 13.9 Å². The molecule has 0 aliphatic carbocycles. The van der Waals surface area contributed by atoms with Crippen LogP contribution in [0, 0.1) is 0 Å². The lowest BCUT2D eigenvalue weighted by Gasteiger charge is -2.25. The second-order valence-electron chi connectivity index (χ2n) is 6.10. The molecule has 0 unspecified atom stereocenters. The predicted octanol–water partition coefficient (Wildman–Crippen LogP) is 3.08. The zero-order chi connectivity index (χ0) is 17.4. The summed E-state index contributed by atoms with van der Waals surface area (Å²) in [6.45, 7) is 6.00. The number of methoxy groups -OCH3 is 1. The Hall–Kier alpha value is -1.82. The largest absolute Gasteiger partial charge is 0.496 e. The highest BCUT2D eigenvalue weighted by Crippen LogP contribution is 2.20. The molecule has 5 heteroatoms. The standard InChI is InChI=1S/C19H27NO4/c1-15(2)24-14-17(21)12-20(13-18-8-6-10-23-18)11-16-7-4-5-9-19(16)22-3/h4-10,15,17,21H,11-14H2,1-3H3/t17-/m1/s1. The summed E-state index contributed by atoms with van der Waals surface area (Å²) in [6.07, 6.45) is 1.21. The summed E-state index contributed by atoms with van der Waals surface area (Å²) in [5.41, 5.74) is 1.07. The van der Waals surface area contributed by atoms with Crippen molar-refractivity contribution in [1.82, 2.24) is 4.90 Å². The second kappa shape index (κ2) is 9.47. The number of aliphatic hydroxyl groups excluding tert-OH is 1. The number of aliphatic hydroxyl groups is 1. The third kappa shape index (κ3) is 6.00. The number of benzene rings is 1. The first-order valence-corrected chi connectivity index (χ1v) is 8.24. The molecule has 5 nitrogen and oxygen atoms in total. The Bertz CT molecular complexity index is 583. The van der Waals surface area contributed by atoms with Gasteiger partial charge in [0.05, 0.1) is 38.7 Å². The van der Waals surface area contributed by atoms with Crippen LogP contribution in [0.2, 0.25) is 0 Å². The van der Waals surface area contributed by atoms with Crippen LogP contribution >= 0.6 is 0 Å². The average molecular weight is 333 g/mol. The molecular weight excluding hydrogens is 306 g/mol. The normalized spacial score (nSPS) is 12.8. The highest BCUT2D eigenvalue weighted by atomic mass is 16.5. The summed E-state index contributed by atoms with van der Waals surface area (Å²) in [5.74, 6) is 1.71. The van der Waals surface area contributed by atoms with Gasteiger partial charge in [0.25, 0.3) is 0 Å². The van der Waals surface area contributed by atoms with Crippen LogP contribution in [0.4, 0.5) is 0 Å². The van der Waals surface area contributed by atoms with Gasteiger partial charge in [0.2, 0.25) is 0 Å². The topological polar surface area (TPSA) is 55.1 Å².